The van der Waals surface area contributed by atoms with Gasteiger partial charge in [-0.25, -0.2) is 0 Å². The highest BCUT2D eigenvalue weighted by atomic mass is 32.1. The molecule has 0 heterocycles. The second-order valence-corrected chi connectivity index (χ2v) is 5.74. The van der Waals surface area contributed by atoms with Gasteiger partial charge in [-0.3, -0.25) is 4.99 Å². The molecule has 2 heteroatoms. The predicted molar refractivity (Wildman–Crippen MR) is 94.4 cm³/mol. The molecule has 0 N–H and O–H groups in total. The van der Waals surface area contributed by atoms with Gasteiger partial charge in [-0.1, -0.05) is 42.5 Å². The molecule has 0 amide bonds. The van der Waals surface area contributed by atoms with E-state index in [2.05, 4.69) is 73.9 Å². The van der Waals surface area contributed by atoms with Crippen LogP contribution in [0.25, 0.3) is 10.8 Å². The molecule has 0 aromatic heterocycles. The summed E-state index contributed by atoms with van der Waals surface area (Å²) in [5.74, 6) is 0. The average Bonchev–Trinajstić information content (AvgIpc) is 2.47. The lowest BCUT2D eigenvalue weighted by Crippen LogP contribution is -1.87. The van der Waals surface area contributed by atoms with Gasteiger partial charge in [0, 0.05) is 16.7 Å². The maximum atomic E-state index is 4.67. The van der Waals surface area contributed by atoms with Gasteiger partial charge in [0.05, 0.1) is 5.69 Å². The van der Waals surface area contributed by atoms with Crippen molar-refractivity contribution in [1.82, 2.24) is 0 Å². The lowest BCUT2D eigenvalue weighted by Gasteiger charge is -2.06. The number of hydrogen-bond donors (Lipinski definition) is 1. The third-order valence-corrected chi connectivity index (χ3v) is 4.05. The first-order chi connectivity index (χ1) is 10.1. The molecule has 0 radical (unpaired) electrons. The third-order valence-electron chi connectivity index (χ3n) is 3.67. The normalized spacial score (nSPS) is 11.4. The van der Waals surface area contributed by atoms with Crippen molar-refractivity contribution in [2.24, 2.45) is 4.99 Å². The van der Waals surface area contributed by atoms with Crippen molar-refractivity contribution in [2.75, 3.05) is 0 Å². The number of rotatable bonds is 2. The van der Waals surface area contributed by atoms with Gasteiger partial charge < -0.3 is 0 Å². The predicted octanol–water partition coefficient (Wildman–Crippen LogP) is 5.50. The zero-order valence-corrected chi connectivity index (χ0v) is 13.1. The molecule has 0 aliphatic heterocycles. The molecular formula is C19H17NS. The lowest BCUT2D eigenvalue weighted by atomic mass is 10.1. The van der Waals surface area contributed by atoms with Crippen molar-refractivity contribution in [3.63, 3.8) is 0 Å². The SMILES string of the molecule is Cc1cccc(C)c1N=Cc1cc2ccccc2cc1S. The number of fused-ring (bicyclic) bond motifs is 1. The number of nitrogens with zero attached hydrogens (tertiary/aromatic N) is 1. The second kappa shape index (κ2) is 5.74. The van der Waals surface area contributed by atoms with Crippen molar-refractivity contribution in [1.29, 1.82) is 0 Å². The molecule has 0 aliphatic rings. The van der Waals surface area contributed by atoms with Crippen LogP contribution in [0.1, 0.15) is 16.7 Å². The minimum absolute atomic E-state index is 0.948. The number of thiol groups is 1. The smallest absolute Gasteiger partial charge is 0.0688 e. The summed E-state index contributed by atoms with van der Waals surface area (Å²) in [7, 11) is 0. The summed E-state index contributed by atoms with van der Waals surface area (Å²) in [6.07, 6.45) is 1.91. The Morgan fingerprint density at radius 2 is 1.48 bits per heavy atom. The molecule has 1 nitrogen and oxygen atoms in total. The Hall–Kier alpha value is -2.06. The summed E-state index contributed by atoms with van der Waals surface area (Å²) in [5.41, 5.74) is 4.46. The molecule has 0 saturated heterocycles. The van der Waals surface area contributed by atoms with E-state index in [1.165, 1.54) is 21.9 Å². The second-order valence-electron chi connectivity index (χ2n) is 5.26. The van der Waals surface area contributed by atoms with Crippen molar-refractivity contribution in [3.05, 3.63) is 71.3 Å². The van der Waals surface area contributed by atoms with Crippen molar-refractivity contribution >= 4 is 35.3 Å². The summed E-state index contributed by atoms with van der Waals surface area (Å²) in [6.45, 7) is 4.17. The van der Waals surface area contributed by atoms with E-state index in [9.17, 15) is 0 Å². The number of para-hydroxylation sites is 1. The van der Waals surface area contributed by atoms with Gasteiger partial charge in [-0.15, -0.1) is 12.6 Å². The first kappa shape index (κ1) is 13.9. The molecular weight excluding hydrogens is 274 g/mol. The largest absolute Gasteiger partial charge is 0.256 e. The zero-order valence-electron chi connectivity index (χ0n) is 12.2. The van der Waals surface area contributed by atoms with E-state index < -0.39 is 0 Å². The fourth-order valence-electron chi connectivity index (χ4n) is 2.49. The van der Waals surface area contributed by atoms with Gasteiger partial charge in [0.25, 0.3) is 0 Å². The third kappa shape index (κ3) is 2.86. The molecule has 0 aliphatic carbocycles. The Morgan fingerprint density at radius 1 is 0.857 bits per heavy atom. The quantitative estimate of drug-likeness (QED) is 0.473. The van der Waals surface area contributed by atoms with Gasteiger partial charge in [0.15, 0.2) is 0 Å². The molecule has 3 aromatic rings. The van der Waals surface area contributed by atoms with Crippen molar-refractivity contribution in [3.8, 4) is 0 Å². The van der Waals surface area contributed by atoms with Gasteiger partial charge in [-0.2, -0.15) is 0 Å². The van der Waals surface area contributed by atoms with Crippen LogP contribution in [-0.4, -0.2) is 6.21 Å². The molecule has 0 saturated carbocycles. The van der Waals surface area contributed by atoms with Crippen LogP contribution in [0.4, 0.5) is 5.69 Å². The van der Waals surface area contributed by atoms with Gasteiger partial charge in [0.1, 0.15) is 0 Å². The van der Waals surface area contributed by atoms with Gasteiger partial charge in [-0.05, 0) is 47.9 Å². The van der Waals surface area contributed by atoms with Crippen LogP contribution in [-0.2, 0) is 0 Å². The van der Waals surface area contributed by atoms with Gasteiger partial charge >= 0.3 is 0 Å². The van der Waals surface area contributed by atoms with Crippen molar-refractivity contribution < 1.29 is 0 Å². The Balaban J connectivity index is 2.05. The summed E-state index contributed by atoms with van der Waals surface area (Å²) in [6, 6.07) is 18.7. The van der Waals surface area contributed by atoms with E-state index in [0.717, 1.165) is 16.1 Å². The topological polar surface area (TPSA) is 12.4 Å². The Labute approximate surface area is 130 Å². The molecule has 0 spiro atoms. The fourth-order valence-corrected chi connectivity index (χ4v) is 2.75. The van der Waals surface area contributed by atoms with Crippen LogP contribution >= 0.6 is 12.6 Å². The molecule has 3 rings (SSSR count). The molecule has 0 unspecified atom stereocenters. The van der Waals surface area contributed by atoms with Crippen LogP contribution in [0.15, 0.2) is 64.5 Å². The summed E-state index contributed by atoms with van der Waals surface area (Å²) >= 11 is 4.58. The molecule has 3 aromatic carbocycles. The first-order valence-corrected chi connectivity index (χ1v) is 7.42. The summed E-state index contributed by atoms with van der Waals surface area (Å²) < 4.78 is 0. The highest BCUT2D eigenvalue weighted by Gasteiger charge is 2.02. The lowest BCUT2D eigenvalue weighted by molar-refractivity contribution is 1.33. The molecule has 0 bridgehead atoms. The van der Waals surface area contributed by atoms with E-state index in [-0.39, 0.29) is 0 Å². The number of aliphatic imine (C=N–C) groups is 1. The molecule has 0 fully saturated rings. The summed E-state index contributed by atoms with van der Waals surface area (Å²) in [4.78, 5) is 5.62. The number of hydrogen-bond acceptors (Lipinski definition) is 2. The Kier molecular flexibility index (Phi) is 3.80. The number of aryl methyl sites for hydroxylation is 2. The zero-order chi connectivity index (χ0) is 14.8. The first-order valence-electron chi connectivity index (χ1n) is 6.97. The van der Waals surface area contributed by atoms with Crippen LogP contribution in [0.2, 0.25) is 0 Å². The average molecular weight is 291 g/mol. The van der Waals surface area contributed by atoms with E-state index >= 15 is 0 Å². The molecule has 21 heavy (non-hydrogen) atoms. The molecule has 104 valence electrons. The highest BCUT2D eigenvalue weighted by Crippen LogP contribution is 2.25. The maximum Gasteiger partial charge on any atom is 0.0688 e. The van der Waals surface area contributed by atoms with Crippen molar-refractivity contribution in [2.45, 2.75) is 18.7 Å². The Morgan fingerprint density at radius 3 is 2.14 bits per heavy atom. The maximum absolute atomic E-state index is 4.67. The minimum atomic E-state index is 0.948. The fraction of sp³-hybridized carbons (Fsp3) is 0.105. The monoisotopic (exact) mass is 291 g/mol. The van der Waals surface area contributed by atoms with E-state index in [4.69, 9.17) is 0 Å². The van der Waals surface area contributed by atoms with E-state index in [0.29, 0.717) is 0 Å². The van der Waals surface area contributed by atoms with Crippen LogP contribution < -0.4 is 0 Å². The minimum Gasteiger partial charge on any atom is -0.256 e. The Bertz CT molecular complexity index is 814. The van der Waals surface area contributed by atoms with Gasteiger partial charge in [0.2, 0.25) is 0 Å². The standard InChI is InChI=1S/C19H17NS/c1-13-6-5-7-14(2)19(13)20-12-17-10-15-8-3-4-9-16(15)11-18(17)21/h3-12,21H,1-2H3. The highest BCUT2D eigenvalue weighted by molar-refractivity contribution is 7.80. The van der Waals surface area contributed by atoms with Crippen LogP contribution in [0.3, 0.4) is 0 Å². The van der Waals surface area contributed by atoms with Crippen LogP contribution in [0, 0.1) is 13.8 Å². The molecule has 0 atom stereocenters. The van der Waals surface area contributed by atoms with E-state index in [1.807, 2.05) is 18.3 Å². The summed E-state index contributed by atoms with van der Waals surface area (Å²) in [5, 5.41) is 2.41. The van der Waals surface area contributed by atoms with Crippen LogP contribution in [0.5, 0.6) is 0 Å². The number of benzene rings is 3. The van der Waals surface area contributed by atoms with E-state index in [1.54, 1.807) is 0 Å².